The molecule has 0 bridgehead atoms. The second-order valence-electron chi connectivity index (χ2n) is 6.67. The van der Waals surface area contributed by atoms with Gasteiger partial charge < -0.3 is 5.32 Å². The van der Waals surface area contributed by atoms with Crippen LogP contribution in [0, 0.1) is 6.92 Å². The molecule has 1 unspecified atom stereocenters. The fourth-order valence-corrected chi connectivity index (χ4v) is 2.93. The molecule has 1 saturated carbocycles. The number of benzene rings is 1. The summed E-state index contributed by atoms with van der Waals surface area (Å²) in [6.07, 6.45) is 0.0593. The fraction of sp³-hybridized carbons (Fsp3) is 0.474. The summed E-state index contributed by atoms with van der Waals surface area (Å²) in [5.41, 5.74) is 2.65. The van der Waals surface area contributed by atoms with E-state index in [4.69, 9.17) is 0 Å². The summed E-state index contributed by atoms with van der Waals surface area (Å²) in [5.74, 6) is -0.0301. The molecule has 1 aliphatic carbocycles. The molecular weight excluding hydrogens is 324 g/mol. The van der Waals surface area contributed by atoms with Crippen molar-refractivity contribution in [3.05, 3.63) is 52.8 Å². The molecular formula is C19H23F2N3O. The molecule has 1 heterocycles. The van der Waals surface area contributed by atoms with E-state index < -0.39 is 6.43 Å². The third kappa shape index (κ3) is 4.24. The van der Waals surface area contributed by atoms with Gasteiger partial charge in [-0.2, -0.15) is 5.10 Å². The van der Waals surface area contributed by atoms with Crippen molar-refractivity contribution in [2.45, 2.75) is 58.0 Å². The molecule has 134 valence electrons. The van der Waals surface area contributed by atoms with Crippen LogP contribution in [0.1, 0.15) is 67.1 Å². The summed E-state index contributed by atoms with van der Waals surface area (Å²) < 4.78 is 27.6. The Hall–Kier alpha value is -2.24. The highest BCUT2D eigenvalue weighted by atomic mass is 19.3. The number of aryl methyl sites for hydroxylation is 1. The van der Waals surface area contributed by atoms with E-state index in [1.54, 1.807) is 0 Å². The SMILES string of the molecule is CCC(NC(=O)Cn1nc(C2CC2)cc1C(F)F)c1ccc(C)cc1. The predicted octanol–water partition coefficient (Wildman–Crippen LogP) is 4.27. The highest BCUT2D eigenvalue weighted by molar-refractivity contribution is 5.76. The molecule has 25 heavy (non-hydrogen) atoms. The van der Waals surface area contributed by atoms with E-state index in [0.29, 0.717) is 5.69 Å². The van der Waals surface area contributed by atoms with E-state index in [-0.39, 0.29) is 30.1 Å². The topological polar surface area (TPSA) is 46.9 Å². The molecule has 0 aliphatic heterocycles. The first-order valence-corrected chi connectivity index (χ1v) is 8.69. The van der Waals surface area contributed by atoms with Crippen LogP contribution in [-0.2, 0) is 11.3 Å². The van der Waals surface area contributed by atoms with Gasteiger partial charge in [-0.1, -0.05) is 36.8 Å². The van der Waals surface area contributed by atoms with Crippen molar-refractivity contribution < 1.29 is 13.6 Å². The minimum Gasteiger partial charge on any atom is -0.348 e. The van der Waals surface area contributed by atoms with Crippen LogP contribution in [0.5, 0.6) is 0 Å². The van der Waals surface area contributed by atoms with E-state index in [2.05, 4.69) is 10.4 Å². The Morgan fingerprint density at radius 3 is 2.56 bits per heavy atom. The summed E-state index contributed by atoms with van der Waals surface area (Å²) in [7, 11) is 0. The average molecular weight is 347 g/mol. The first-order valence-electron chi connectivity index (χ1n) is 8.69. The highest BCUT2D eigenvalue weighted by Gasteiger charge is 2.29. The second-order valence-corrected chi connectivity index (χ2v) is 6.67. The van der Waals surface area contributed by atoms with Crippen molar-refractivity contribution in [2.24, 2.45) is 0 Å². The Kier molecular flexibility index (Phi) is 5.16. The van der Waals surface area contributed by atoms with Gasteiger partial charge in [0.05, 0.1) is 11.7 Å². The van der Waals surface area contributed by atoms with Gasteiger partial charge in [-0.05, 0) is 37.8 Å². The Labute approximate surface area is 146 Å². The van der Waals surface area contributed by atoms with Gasteiger partial charge >= 0.3 is 0 Å². The number of nitrogens with zero attached hydrogens (tertiary/aromatic N) is 2. The number of nitrogens with one attached hydrogen (secondary N) is 1. The first-order chi connectivity index (χ1) is 12.0. The quantitative estimate of drug-likeness (QED) is 0.813. The number of alkyl halides is 2. The number of aromatic nitrogens is 2. The summed E-state index contributed by atoms with van der Waals surface area (Å²) in [6.45, 7) is 3.80. The zero-order chi connectivity index (χ0) is 18.0. The van der Waals surface area contributed by atoms with Gasteiger partial charge in [0.25, 0.3) is 6.43 Å². The van der Waals surface area contributed by atoms with Crippen LogP contribution >= 0.6 is 0 Å². The van der Waals surface area contributed by atoms with Crippen LogP contribution in [0.4, 0.5) is 8.78 Å². The standard InChI is InChI=1S/C19H23F2N3O/c1-3-15(13-6-4-12(2)5-7-13)22-18(25)11-24-17(19(20)21)10-16(23-24)14-8-9-14/h4-7,10,14-15,19H,3,8-9,11H2,1-2H3,(H,22,25). The van der Waals surface area contributed by atoms with E-state index in [0.717, 1.165) is 35.1 Å². The zero-order valence-electron chi connectivity index (χ0n) is 14.5. The van der Waals surface area contributed by atoms with Gasteiger partial charge in [-0.25, -0.2) is 8.78 Å². The molecule has 1 aliphatic rings. The predicted molar refractivity (Wildman–Crippen MR) is 91.5 cm³/mol. The van der Waals surface area contributed by atoms with E-state index >= 15 is 0 Å². The van der Waals surface area contributed by atoms with Crippen LogP contribution in [0.3, 0.4) is 0 Å². The molecule has 1 aromatic heterocycles. The zero-order valence-corrected chi connectivity index (χ0v) is 14.5. The molecule has 2 aromatic rings. The van der Waals surface area contributed by atoms with Crippen LogP contribution < -0.4 is 5.32 Å². The lowest BCUT2D eigenvalue weighted by atomic mass is 10.0. The first kappa shape index (κ1) is 17.6. The molecule has 4 nitrogen and oxygen atoms in total. The fourth-order valence-electron chi connectivity index (χ4n) is 2.93. The maximum atomic E-state index is 13.2. The van der Waals surface area contributed by atoms with Gasteiger partial charge in [0.15, 0.2) is 0 Å². The van der Waals surface area contributed by atoms with Crippen molar-refractivity contribution in [3.8, 4) is 0 Å². The van der Waals surface area contributed by atoms with Gasteiger partial charge in [-0.3, -0.25) is 9.48 Å². The Balaban J connectivity index is 1.70. The molecule has 0 saturated heterocycles. The summed E-state index contributed by atoms with van der Waals surface area (Å²) in [4.78, 5) is 12.4. The van der Waals surface area contributed by atoms with Crippen LogP contribution in [0.2, 0.25) is 0 Å². The Morgan fingerprint density at radius 1 is 1.32 bits per heavy atom. The number of hydrogen-bond acceptors (Lipinski definition) is 2. The molecule has 3 rings (SSSR count). The van der Waals surface area contributed by atoms with E-state index in [1.807, 2.05) is 38.1 Å². The van der Waals surface area contributed by atoms with Crippen molar-refractivity contribution in [3.63, 3.8) is 0 Å². The Morgan fingerprint density at radius 2 is 2.00 bits per heavy atom. The largest absolute Gasteiger partial charge is 0.348 e. The molecule has 1 amide bonds. The molecule has 1 aromatic carbocycles. The number of hydrogen-bond donors (Lipinski definition) is 1. The lowest BCUT2D eigenvalue weighted by Crippen LogP contribution is -2.32. The number of carbonyl (C=O) groups is 1. The average Bonchev–Trinajstić information content (AvgIpc) is 3.34. The third-order valence-electron chi connectivity index (χ3n) is 4.57. The van der Waals surface area contributed by atoms with Crippen molar-refractivity contribution >= 4 is 5.91 Å². The van der Waals surface area contributed by atoms with Gasteiger partial charge in [0.2, 0.25) is 5.91 Å². The molecule has 6 heteroatoms. The Bertz CT molecular complexity index is 736. The molecule has 1 fully saturated rings. The highest BCUT2D eigenvalue weighted by Crippen LogP contribution is 2.40. The third-order valence-corrected chi connectivity index (χ3v) is 4.57. The lowest BCUT2D eigenvalue weighted by molar-refractivity contribution is -0.122. The van der Waals surface area contributed by atoms with Crippen molar-refractivity contribution in [2.75, 3.05) is 0 Å². The van der Waals surface area contributed by atoms with Crippen molar-refractivity contribution in [1.82, 2.24) is 15.1 Å². The maximum Gasteiger partial charge on any atom is 0.280 e. The summed E-state index contributed by atoms with van der Waals surface area (Å²) >= 11 is 0. The second kappa shape index (κ2) is 7.33. The molecule has 0 spiro atoms. The van der Waals surface area contributed by atoms with Crippen LogP contribution in [-0.4, -0.2) is 15.7 Å². The number of rotatable bonds is 7. The summed E-state index contributed by atoms with van der Waals surface area (Å²) in [5, 5.41) is 7.15. The van der Waals surface area contributed by atoms with Crippen molar-refractivity contribution in [1.29, 1.82) is 0 Å². The molecule has 0 radical (unpaired) electrons. The number of amides is 1. The molecule has 1 N–H and O–H groups in total. The minimum atomic E-state index is -2.63. The number of halogens is 2. The van der Waals surface area contributed by atoms with Gasteiger partial charge in [0.1, 0.15) is 12.2 Å². The smallest absolute Gasteiger partial charge is 0.280 e. The van der Waals surface area contributed by atoms with Crippen LogP contribution in [0.25, 0.3) is 0 Å². The van der Waals surface area contributed by atoms with Gasteiger partial charge in [0, 0.05) is 5.92 Å². The van der Waals surface area contributed by atoms with Crippen LogP contribution in [0.15, 0.2) is 30.3 Å². The minimum absolute atomic E-state index is 0.137. The van der Waals surface area contributed by atoms with Gasteiger partial charge in [-0.15, -0.1) is 0 Å². The summed E-state index contributed by atoms with van der Waals surface area (Å²) in [6, 6.07) is 9.25. The van der Waals surface area contributed by atoms with E-state index in [9.17, 15) is 13.6 Å². The number of carbonyl (C=O) groups excluding carboxylic acids is 1. The lowest BCUT2D eigenvalue weighted by Gasteiger charge is -2.18. The normalized spacial score (nSPS) is 15.4. The maximum absolute atomic E-state index is 13.2. The molecule has 1 atom stereocenters. The van der Waals surface area contributed by atoms with E-state index in [1.165, 1.54) is 6.07 Å². The monoisotopic (exact) mass is 347 g/mol.